The Morgan fingerprint density at radius 1 is 1.09 bits per heavy atom. The van der Waals surface area contributed by atoms with Gasteiger partial charge in [-0.2, -0.15) is 0 Å². The van der Waals surface area contributed by atoms with Gasteiger partial charge in [0.2, 0.25) is 5.89 Å². The number of anilines is 1. The van der Waals surface area contributed by atoms with Crippen molar-refractivity contribution in [3.8, 4) is 22.6 Å². The summed E-state index contributed by atoms with van der Waals surface area (Å²) in [4.78, 5) is 19.7. The van der Waals surface area contributed by atoms with Crippen LogP contribution in [-0.4, -0.2) is 36.7 Å². The van der Waals surface area contributed by atoms with E-state index in [0.29, 0.717) is 29.6 Å². The molecule has 0 aliphatic carbocycles. The van der Waals surface area contributed by atoms with Crippen LogP contribution in [0.25, 0.3) is 22.2 Å². The average Bonchev–Trinajstić information content (AvgIpc) is 3.51. The fourth-order valence-corrected chi connectivity index (χ4v) is 4.51. The SMILES string of the molecule is COc1ccc(NC(=O)N2CCC[C@@H]2c2nc3cc(-c4ccccc4C)ccc3o2)c(OC)c1. The fraction of sp³-hybridized carbons (Fsp3) is 0.259. The first kappa shape index (κ1) is 21.8. The molecule has 0 saturated carbocycles. The lowest BCUT2D eigenvalue weighted by atomic mass is 10.0. The smallest absolute Gasteiger partial charge is 0.322 e. The third-order valence-corrected chi connectivity index (χ3v) is 6.31. The summed E-state index contributed by atoms with van der Waals surface area (Å²) in [6.07, 6.45) is 1.68. The van der Waals surface area contributed by atoms with Crippen molar-refractivity contribution < 1.29 is 18.7 Å². The molecule has 1 aliphatic rings. The first-order valence-electron chi connectivity index (χ1n) is 11.3. The van der Waals surface area contributed by atoms with Gasteiger partial charge in [-0.25, -0.2) is 9.78 Å². The van der Waals surface area contributed by atoms with Crippen LogP contribution in [0.3, 0.4) is 0 Å². The zero-order valence-electron chi connectivity index (χ0n) is 19.5. The van der Waals surface area contributed by atoms with Crippen LogP contribution in [0.2, 0.25) is 0 Å². The third-order valence-electron chi connectivity index (χ3n) is 6.31. The normalized spacial score (nSPS) is 15.5. The summed E-state index contributed by atoms with van der Waals surface area (Å²) >= 11 is 0. The molecule has 3 aromatic carbocycles. The number of amides is 2. The maximum Gasteiger partial charge on any atom is 0.322 e. The van der Waals surface area contributed by atoms with Crippen LogP contribution in [-0.2, 0) is 0 Å². The molecule has 1 N–H and O–H groups in total. The Labute approximate surface area is 198 Å². The number of carbonyl (C=O) groups is 1. The molecule has 2 heterocycles. The quantitative estimate of drug-likeness (QED) is 0.387. The van der Waals surface area contributed by atoms with Crippen molar-refractivity contribution in [2.75, 3.05) is 26.1 Å². The van der Waals surface area contributed by atoms with Crippen molar-refractivity contribution in [1.29, 1.82) is 0 Å². The highest BCUT2D eigenvalue weighted by Crippen LogP contribution is 2.36. The average molecular weight is 458 g/mol. The molecule has 1 atom stereocenters. The summed E-state index contributed by atoms with van der Waals surface area (Å²) in [5.74, 6) is 1.76. The van der Waals surface area contributed by atoms with Gasteiger partial charge in [-0.1, -0.05) is 30.3 Å². The monoisotopic (exact) mass is 457 g/mol. The maximum atomic E-state index is 13.2. The van der Waals surface area contributed by atoms with Crippen LogP contribution in [0, 0.1) is 6.92 Å². The Morgan fingerprint density at radius 3 is 2.74 bits per heavy atom. The summed E-state index contributed by atoms with van der Waals surface area (Å²) in [5, 5.41) is 2.96. The summed E-state index contributed by atoms with van der Waals surface area (Å²) in [7, 11) is 3.15. The molecule has 34 heavy (non-hydrogen) atoms. The van der Waals surface area contributed by atoms with Crippen LogP contribution < -0.4 is 14.8 Å². The van der Waals surface area contributed by atoms with Crippen LogP contribution in [0.15, 0.2) is 65.1 Å². The topological polar surface area (TPSA) is 76.8 Å². The Bertz CT molecular complexity index is 1350. The van der Waals surface area contributed by atoms with Crippen LogP contribution in [0.5, 0.6) is 11.5 Å². The number of rotatable bonds is 5. The van der Waals surface area contributed by atoms with Crippen molar-refractivity contribution in [2.45, 2.75) is 25.8 Å². The highest BCUT2D eigenvalue weighted by atomic mass is 16.5. The van der Waals surface area contributed by atoms with Gasteiger partial charge in [0.05, 0.1) is 19.9 Å². The number of hydrogen-bond donors (Lipinski definition) is 1. The molecule has 0 spiro atoms. The number of oxazole rings is 1. The second-order valence-corrected chi connectivity index (χ2v) is 8.40. The zero-order chi connectivity index (χ0) is 23.7. The van der Waals surface area contributed by atoms with Gasteiger partial charge in [-0.15, -0.1) is 0 Å². The Morgan fingerprint density at radius 2 is 1.94 bits per heavy atom. The number of aryl methyl sites for hydroxylation is 1. The van der Waals surface area contributed by atoms with E-state index in [9.17, 15) is 4.79 Å². The fourth-order valence-electron chi connectivity index (χ4n) is 4.51. The van der Waals surface area contributed by atoms with E-state index in [1.54, 1.807) is 37.3 Å². The van der Waals surface area contributed by atoms with Crippen LogP contribution in [0.1, 0.15) is 30.3 Å². The maximum absolute atomic E-state index is 13.2. The zero-order valence-corrected chi connectivity index (χ0v) is 19.5. The van der Waals surface area contributed by atoms with Crippen molar-refractivity contribution >= 4 is 22.8 Å². The molecular formula is C27H27N3O4. The number of nitrogens with zero attached hydrogens (tertiary/aromatic N) is 2. The number of ether oxygens (including phenoxy) is 2. The molecule has 1 saturated heterocycles. The first-order chi connectivity index (χ1) is 16.6. The van der Waals surface area contributed by atoms with E-state index in [-0.39, 0.29) is 12.1 Å². The number of hydrogen-bond acceptors (Lipinski definition) is 5. The number of aromatic nitrogens is 1. The van der Waals surface area contributed by atoms with E-state index < -0.39 is 0 Å². The van der Waals surface area contributed by atoms with Gasteiger partial charge >= 0.3 is 6.03 Å². The highest BCUT2D eigenvalue weighted by molar-refractivity contribution is 5.91. The second kappa shape index (κ2) is 9.09. The minimum Gasteiger partial charge on any atom is -0.497 e. The molecule has 0 unspecified atom stereocenters. The van der Waals surface area contributed by atoms with Crippen LogP contribution in [0.4, 0.5) is 10.5 Å². The van der Waals surface area contributed by atoms with Crippen LogP contribution >= 0.6 is 0 Å². The van der Waals surface area contributed by atoms with E-state index >= 15 is 0 Å². The highest BCUT2D eigenvalue weighted by Gasteiger charge is 2.34. The molecule has 4 aromatic rings. The lowest BCUT2D eigenvalue weighted by molar-refractivity contribution is 0.198. The third kappa shape index (κ3) is 4.05. The number of fused-ring (bicyclic) bond motifs is 1. The minimum atomic E-state index is -0.224. The largest absolute Gasteiger partial charge is 0.497 e. The number of urea groups is 1. The summed E-state index contributed by atoms with van der Waals surface area (Å²) in [5.41, 5.74) is 5.57. The molecule has 2 amide bonds. The predicted octanol–water partition coefficient (Wildman–Crippen LogP) is 6.19. The number of nitrogens with one attached hydrogen (secondary N) is 1. The van der Waals surface area contributed by atoms with Crippen molar-refractivity contribution in [3.05, 3.63) is 72.1 Å². The second-order valence-electron chi connectivity index (χ2n) is 8.40. The van der Waals surface area contributed by atoms with E-state index in [4.69, 9.17) is 18.9 Å². The molecule has 1 aromatic heterocycles. The van der Waals surface area contributed by atoms with Gasteiger partial charge < -0.3 is 24.1 Å². The van der Waals surface area contributed by atoms with E-state index in [0.717, 1.165) is 29.5 Å². The molecule has 1 fully saturated rings. The summed E-state index contributed by atoms with van der Waals surface area (Å²) < 4.78 is 16.8. The summed E-state index contributed by atoms with van der Waals surface area (Å²) in [6.45, 7) is 2.72. The van der Waals surface area contributed by atoms with Gasteiger partial charge in [0.25, 0.3) is 0 Å². The van der Waals surface area contributed by atoms with Crippen molar-refractivity contribution in [3.63, 3.8) is 0 Å². The molecule has 7 nitrogen and oxygen atoms in total. The van der Waals surface area contributed by atoms with E-state index in [2.05, 4.69) is 30.4 Å². The minimum absolute atomic E-state index is 0.214. The molecule has 0 radical (unpaired) electrons. The first-order valence-corrected chi connectivity index (χ1v) is 11.3. The molecular weight excluding hydrogens is 430 g/mol. The van der Waals surface area contributed by atoms with Crippen molar-refractivity contribution in [1.82, 2.24) is 9.88 Å². The molecule has 5 rings (SSSR count). The molecule has 0 bridgehead atoms. The number of carbonyl (C=O) groups excluding carboxylic acids is 1. The Balaban J connectivity index is 1.39. The van der Waals surface area contributed by atoms with E-state index in [1.807, 2.05) is 24.3 Å². The molecule has 7 heteroatoms. The van der Waals surface area contributed by atoms with Gasteiger partial charge in [-0.3, -0.25) is 0 Å². The standard InChI is InChI=1S/C27H27N3O4/c1-17-7-4-5-8-20(17)18-10-13-24-22(15-18)28-26(34-24)23-9-6-14-30(23)27(31)29-21-12-11-19(32-2)16-25(21)33-3/h4-5,7-8,10-13,15-16,23H,6,9,14H2,1-3H3,(H,29,31)/t23-/m1/s1. The number of benzene rings is 3. The number of likely N-dealkylation sites (tertiary alicyclic amines) is 1. The molecule has 174 valence electrons. The summed E-state index contributed by atoms with van der Waals surface area (Å²) in [6, 6.07) is 19.2. The van der Waals surface area contributed by atoms with Gasteiger partial charge in [0.15, 0.2) is 5.58 Å². The van der Waals surface area contributed by atoms with E-state index in [1.165, 1.54) is 11.1 Å². The predicted molar refractivity (Wildman–Crippen MR) is 131 cm³/mol. The lowest BCUT2D eigenvalue weighted by Gasteiger charge is -2.23. The van der Waals surface area contributed by atoms with Gasteiger partial charge in [0.1, 0.15) is 23.1 Å². The lowest BCUT2D eigenvalue weighted by Crippen LogP contribution is -2.34. The Kier molecular flexibility index (Phi) is 5.84. The molecule has 1 aliphatic heterocycles. The van der Waals surface area contributed by atoms with Gasteiger partial charge in [0, 0.05) is 12.6 Å². The van der Waals surface area contributed by atoms with Gasteiger partial charge in [-0.05, 0) is 60.7 Å². The Hall–Kier alpha value is -4.00. The van der Waals surface area contributed by atoms with Crippen molar-refractivity contribution in [2.24, 2.45) is 0 Å². The number of methoxy groups -OCH3 is 2.